The molecular formula is C27H23N3O4. The highest BCUT2D eigenvalue weighted by Crippen LogP contribution is 2.27. The second-order valence-corrected chi connectivity index (χ2v) is 7.46. The summed E-state index contributed by atoms with van der Waals surface area (Å²) in [5.41, 5.74) is 10.2. The normalized spacial score (nSPS) is 10.4. The molecule has 1 aromatic heterocycles. The molecule has 170 valence electrons. The number of benzene rings is 3. The first-order valence-electron chi connectivity index (χ1n) is 10.6. The summed E-state index contributed by atoms with van der Waals surface area (Å²) in [4.78, 5) is 29.6. The maximum Gasteiger partial charge on any atom is 0.412 e. The fraction of sp³-hybridized carbons (Fsp3) is 0.0741. The number of carbonyl (C=O) groups is 2. The van der Waals surface area contributed by atoms with Crippen LogP contribution < -0.4 is 15.8 Å². The molecule has 4 rings (SSSR count). The maximum atomic E-state index is 13.0. The zero-order valence-electron chi connectivity index (χ0n) is 18.5. The van der Waals surface area contributed by atoms with Gasteiger partial charge in [-0.3, -0.25) is 15.1 Å². The summed E-state index contributed by atoms with van der Waals surface area (Å²) in [5, 5.41) is 2.62. The summed E-state index contributed by atoms with van der Waals surface area (Å²) >= 11 is 0. The van der Waals surface area contributed by atoms with E-state index < -0.39 is 6.09 Å². The van der Waals surface area contributed by atoms with Gasteiger partial charge in [-0.15, -0.1) is 0 Å². The predicted octanol–water partition coefficient (Wildman–Crippen LogP) is 5.32. The van der Waals surface area contributed by atoms with Crippen LogP contribution in [0, 0.1) is 0 Å². The predicted molar refractivity (Wildman–Crippen MR) is 131 cm³/mol. The Morgan fingerprint density at radius 2 is 1.56 bits per heavy atom. The minimum Gasteiger partial charge on any atom is -0.497 e. The van der Waals surface area contributed by atoms with Gasteiger partial charge in [0.25, 0.3) is 0 Å². The van der Waals surface area contributed by atoms with E-state index in [1.54, 1.807) is 62.0 Å². The zero-order chi connectivity index (χ0) is 23.9. The van der Waals surface area contributed by atoms with Crippen molar-refractivity contribution >= 4 is 23.3 Å². The molecule has 7 nitrogen and oxygen atoms in total. The van der Waals surface area contributed by atoms with Gasteiger partial charge in [0.1, 0.15) is 12.4 Å². The lowest BCUT2D eigenvalue weighted by Gasteiger charge is -2.14. The van der Waals surface area contributed by atoms with Crippen LogP contribution in [0.25, 0.3) is 11.1 Å². The Hall–Kier alpha value is -4.65. The molecule has 0 aliphatic heterocycles. The number of rotatable bonds is 7. The third kappa shape index (κ3) is 5.21. The van der Waals surface area contributed by atoms with Crippen molar-refractivity contribution in [3.8, 4) is 16.9 Å². The molecule has 7 heteroatoms. The van der Waals surface area contributed by atoms with E-state index in [4.69, 9.17) is 15.2 Å². The first-order valence-corrected chi connectivity index (χ1v) is 10.6. The number of methoxy groups -OCH3 is 1. The molecule has 1 amide bonds. The number of nitrogens with two attached hydrogens (primary N) is 1. The molecule has 0 fully saturated rings. The van der Waals surface area contributed by atoms with E-state index in [-0.39, 0.29) is 29.3 Å². The van der Waals surface area contributed by atoms with Gasteiger partial charge in [0.05, 0.1) is 18.5 Å². The van der Waals surface area contributed by atoms with Gasteiger partial charge < -0.3 is 15.2 Å². The molecule has 0 bridgehead atoms. The van der Waals surface area contributed by atoms with Crippen LogP contribution in [0.5, 0.6) is 5.75 Å². The third-order valence-corrected chi connectivity index (χ3v) is 5.26. The fourth-order valence-electron chi connectivity index (χ4n) is 3.42. The highest BCUT2D eigenvalue weighted by atomic mass is 16.5. The van der Waals surface area contributed by atoms with Crippen molar-refractivity contribution < 1.29 is 19.1 Å². The van der Waals surface area contributed by atoms with Gasteiger partial charge in [-0.2, -0.15) is 0 Å². The minimum absolute atomic E-state index is 0.0664. The number of amides is 1. The molecular weight excluding hydrogens is 430 g/mol. The zero-order valence-corrected chi connectivity index (χ0v) is 18.5. The van der Waals surface area contributed by atoms with Crippen LogP contribution >= 0.6 is 0 Å². The SMILES string of the molecule is COc1ccc(C(=O)c2cccc(N)c2NC(=O)OCc2ccc(-c3ccncc3)cc2)cc1. The minimum atomic E-state index is -0.708. The molecule has 4 aromatic rings. The smallest absolute Gasteiger partial charge is 0.412 e. The fourth-order valence-corrected chi connectivity index (χ4v) is 3.42. The summed E-state index contributed by atoms with van der Waals surface area (Å²) < 4.78 is 10.5. The number of pyridine rings is 1. The van der Waals surface area contributed by atoms with Gasteiger partial charge in [-0.05, 0) is 65.2 Å². The second-order valence-electron chi connectivity index (χ2n) is 7.46. The van der Waals surface area contributed by atoms with E-state index in [2.05, 4.69) is 10.3 Å². The van der Waals surface area contributed by atoms with E-state index in [9.17, 15) is 9.59 Å². The number of para-hydroxylation sites is 1. The summed E-state index contributed by atoms with van der Waals surface area (Å²) in [6.07, 6.45) is 2.76. The van der Waals surface area contributed by atoms with Crippen LogP contribution in [0.1, 0.15) is 21.5 Å². The van der Waals surface area contributed by atoms with Crippen molar-refractivity contribution in [1.82, 2.24) is 4.98 Å². The molecule has 0 unspecified atom stereocenters. The lowest BCUT2D eigenvalue weighted by atomic mass is 10.0. The Bertz CT molecular complexity index is 1290. The Balaban J connectivity index is 1.43. The summed E-state index contributed by atoms with van der Waals surface area (Å²) in [7, 11) is 1.55. The Labute approximate surface area is 197 Å². The van der Waals surface area contributed by atoms with Crippen LogP contribution in [-0.2, 0) is 11.3 Å². The van der Waals surface area contributed by atoms with Crippen LogP contribution in [0.4, 0.5) is 16.2 Å². The first kappa shape index (κ1) is 22.5. The van der Waals surface area contributed by atoms with E-state index in [1.807, 2.05) is 36.4 Å². The Morgan fingerprint density at radius 1 is 0.882 bits per heavy atom. The van der Waals surface area contributed by atoms with Crippen molar-refractivity contribution in [2.75, 3.05) is 18.2 Å². The lowest BCUT2D eigenvalue weighted by molar-refractivity contribution is 0.103. The number of hydrogen-bond donors (Lipinski definition) is 2. The molecule has 1 heterocycles. The molecule has 0 aliphatic rings. The molecule has 3 aromatic carbocycles. The summed E-state index contributed by atoms with van der Waals surface area (Å²) in [6.45, 7) is 0.0664. The van der Waals surface area contributed by atoms with Crippen molar-refractivity contribution in [3.63, 3.8) is 0 Å². The number of anilines is 2. The van der Waals surface area contributed by atoms with Crippen molar-refractivity contribution in [2.45, 2.75) is 6.61 Å². The molecule has 0 atom stereocenters. The standard InChI is InChI=1S/C27H23N3O4/c1-33-22-11-9-21(10-12-22)26(31)23-3-2-4-24(28)25(23)30-27(32)34-17-18-5-7-19(8-6-18)20-13-15-29-16-14-20/h2-16H,17,28H2,1H3,(H,30,32). The highest BCUT2D eigenvalue weighted by molar-refractivity contribution is 6.15. The number of nitrogens with one attached hydrogen (secondary N) is 1. The van der Waals surface area contributed by atoms with Crippen LogP contribution in [0.3, 0.4) is 0 Å². The average molecular weight is 453 g/mol. The second kappa shape index (κ2) is 10.3. The Morgan fingerprint density at radius 3 is 2.24 bits per heavy atom. The quantitative estimate of drug-likeness (QED) is 0.290. The number of ketones is 1. The van der Waals surface area contributed by atoms with Gasteiger partial charge in [-0.1, -0.05) is 30.3 Å². The number of aromatic nitrogens is 1. The largest absolute Gasteiger partial charge is 0.497 e. The third-order valence-electron chi connectivity index (χ3n) is 5.26. The van der Waals surface area contributed by atoms with Crippen molar-refractivity contribution in [2.24, 2.45) is 0 Å². The van der Waals surface area contributed by atoms with Crippen LogP contribution in [0.15, 0.2) is 91.3 Å². The van der Waals surface area contributed by atoms with E-state index >= 15 is 0 Å². The Kier molecular flexibility index (Phi) is 6.84. The van der Waals surface area contributed by atoms with Gasteiger partial charge in [0, 0.05) is 23.5 Å². The molecule has 0 saturated heterocycles. The van der Waals surface area contributed by atoms with Crippen molar-refractivity contribution in [1.29, 1.82) is 0 Å². The molecule has 0 saturated carbocycles. The van der Waals surface area contributed by atoms with E-state index in [0.29, 0.717) is 11.3 Å². The lowest BCUT2D eigenvalue weighted by Crippen LogP contribution is -2.17. The first-order chi connectivity index (χ1) is 16.5. The van der Waals surface area contributed by atoms with E-state index in [1.165, 1.54) is 0 Å². The topological polar surface area (TPSA) is 104 Å². The monoisotopic (exact) mass is 453 g/mol. The number of nitrogens with zero attached hydrogens (tertiary/aromatic N) is 1. The van der Waals surface area contributed by atoms with Crippen molar-refractivity contribution in [3.05, 3.63) is 108 Å². The highest BCUT2D eigenvalue weighted by Gasteiger charge is 2.18. The van der Waals surface area contributed by atoms with Gasteiger partial charge in [0.15, 0.2) is 5.78 Å². The van der Waals surface area contributed by atoms with Gasteiger partial charge in [-0.25, -0.2) is 4.79 Å². The number of ether oxygens (including phenoxy) is 2. The summed E-state index contributed by atoms with van der Waals surface area (Å²) in [6, 6.07) is 23.1. The molecule has 0 aliphatic carbocycles. The molecule has 34 heavy (non-hydrogen) atoms. The summed E-state index contributed by atoms with van der Waals surface area (Å²) in [5.74, 6) is 0.358. The number of hydrogen-bond acceptors (Lipinski definition) is 6. The maximum absolute atomic E-state index is 13.0. The average Bonchev–Trinajstić information content (AvgIpc) is 2.89. The molecule has 0 radical (unpaired) electrons. The number of nitrogen functional groups attached to an aromatic ring is 1. The van der Waals surface area contributed by atoms with Crippen LogP contribution in [0.2, 0.25) is 0 Å². The van der Waals surface area contributed by atoms with Crippen LogP contribution in [-0.4, -0.2) is 24.0 Å². The van der Waals surface area contributed by atoms with Gasteiger partial charge in [0.2, 0.25) is 0 Å². The molecule has 0 spiro atoms. The van der Waals surface area contributed by atoms with Gasteiger partial charge >= 0.3 is 6.09 Å². The molecule has 3 N–H and O–H groups in total. The number of carbonyl (C=O) groups excluding carboxylic acids is 2. The van der Waals surface area contributed by atoms with E-state index in [0.717, 1.165) is 16.7 Å².